The van der Waals surface area contributed by atoms with Crippen molar-refractivity contribution in [3.05, 3.63) is 35.4 Å². The molecule has 1 unspecified atom stereocenters. The average molecular weight is 287 g/mol. The van der Waals surface area contributed by atoms with Crippen LogP contribution in [0.25, 0.3) is 0 Å². The normalized spacial score (nSPS) is 24.1. The number of methoxy groups -OCH3 is 1. The van der Waals surface area contributed by atoms with E-state index in [9.17, 15) is 0 Å². The van der Waals surface area contributed by atoms with Gasteiger partial charge in [0, 0.05) is 7.11 Å². The molecule has 0 amide bonds. The van der Waals surface area contributed by atoms with Crippen LogP contribution in [-0.4, -0.2) is 12.7 Å². The molecule has 2 fully saturated rings. The van der Waals surface area contributed by atoms with Gasteiger partial charge >= 0.3 is 0 Å². The maximum absolute atomic E-state index is 6.78. The van der Waals surface area contributed by atoms with Crippen LogP contribution in [0.2, 0.25) is 0 Å². The Bertz CT molecular complexity index is 458. The fourth-order valence-corrected chi connectivity index (χ4v) is 4.14. The van der Waals surface area contributed by atoms with Crippen LogP contribution in [0.15, 0.2) is 24.3 Å². The molecule has 3 rings (SSSR count). The van der Waals surface area contributed by atoms with Crippen LogP contribution in [0.3, 0.4) is 0 Å². The van der Waals surface area contributed by atoms with E-state index in [2.05, 4.69) is 24.3 Å². The van der Waals surface area contributed by atoms with E-state index in [0.29, 0.717) is 0 Å². The summed E-state index contributed by atoms with van der Waals surface area (Å²) in [6.45, 7) is 0. The van der Waals surface area contributed by atoms with E-state index in [1.54, 1.807) is 0 Å². The van der Waals surface area contributed by atoms with Crippen LogP contribution in [0, 0.1) is 0 Å². The highest BCUT2D eigenvalue weighted by Crippen LogP contribution is 2.44. The molecule has 0 spiro atoms. The molecule has 116 valence electrons. The molecule has 21 heavy (non-hydrogen) atoms. The minimum absolute atomic E-state index is 0.0115. The van der Waals surface area contributed by atoms with Crippen LogP contribution in [0.5, 0.6) is 0 Å². The van der Waals surface area contributed by atoms with Gasteiger partial charge in [0.15, 0.2) is 0 Å². The standard InChI is InChI=1S/C19H29NO/c1-21-19(13-6-2-3-7-14-19)18(20)17-12-5-4-11-16(17)15-9-8-10-15/h4-5,11-12,15,18H,2-3,6-10,13-14,20H2,1H3. The minimum Gasteiger partial charge on any atom is -0.376 e. The Labute approximate surface area is 129 Å². The molecule has 0 radical (unpaired) electrons. The number of benzene rings is 1. The Kier molecular flexibility index (Phi) is 4.66. The van der Waals surface area contributed by atoms with E-state index in [-0.39, 0.29) is 11.6 Å². The fourth-order valence-electron chi connectivity index (χ4n) is 4.14. The van der Waals surface area contributed by atoms with Gasteiger partial charge in [0.05, 0.1) is 11.6 Å². The molecule has 1 aromatic carbocycles. The van der Waals surface area contributed by atoms with Crippen LogP contribution < -0.4 is 5.73 Å². The third-order valence-corrected chi connectivity index (χ3v) is 5.80. The lowest BCUT2D eigenvalue weighted by molar-refractivity contribution is -0.0445. The van der Waals surface area contributed by atoms with Gasteiger partial charge in [-0.3, -0.25) is 0 Å². The van der Waals surface area contributed by atoms with Crippen molar-refractivity contribution >= 4 is 0 Å². The van der Waals surface area contributed by atoms with Gasteiger partial charge in [0.25, 0.3) is 0 Å². The second-order valence-corrected chi connectivity index (χ2v) is 6.92. The van der Waals surface area contributed by atoms with Crippen LogP contribution >= 0.6 is 0 Å². The predicted molar refractivity (Wildman–Crippen MR) is 87.4 cm³/mol. The smallest absolute Gasteiger partial charge is 0.0870 e. The molecule has 0 saturated heterocycles. The molecule has 2 heteroatoms. The largest absolute Gasteiger partial charge is 0.376 e. The summed E-state index contributed by atoms with van der Waals surface area (Å²) >= 11 is 0. The molecule has 1 aromatic rings. The van der Waals surface area contributed by atoms with Crippen LogP contribution in [-0.2, 0) is 4.74 Å². The molecule has 1 atom stereocenters. The van der Waals surface area contributed by atoms with Gasteiger partial charge in [-0.25, -0.2) is 0 Å². The lowest BCUT2D eigenvalue weighted by Gasteiger charge is -2.39. The van der Waals surface area contributed by atoms with Gasteiger partial charge in [0.2, 0.25) is 0 Å². The summed E-state index contributed by atoms with van der Waals surface area (Å²) < 4.78 is 6.04. The van der Waals surface area contributed by atoms with E-state index in [1.165, 1.54) is 56.1 Å². The zero-order chi connectivity index (χ0) is 14.7. The second kappa shape index (κ2) is 6.50. The van der Waals surface area contributed by atoms with E-state index in [1.807, 2.05) is 7.11 Å². The van der Waals surface area contributed by atoms with Gasteiger partial charge in [-0.05, 0) is 42.7 Å². The van der Waals surface area contributed by atoms with E-state index >= 15 is 0 Å². The first-order valence-corrected chi connectivity index (χ1v) is 8.66. The maximum atomic E-state index is 6.78. The summed E-state index contributed by atoms with van der Waals surface area (Å²) in [6, 6.07) is 8.84. The third kappa shape index (κ3) is 2.89. The highest BCUT2D eigenvalue weighted by atomic mass is 16.5. The van der Waals surface area contributed by atoms with E-state index < -0.39 is 0 Å². The molecular formula is C19H29NO. The van der Waals surface area contributed by atoms with Gasteiger partial charge in [0.1, 0.15) is 0 Å². The lowest BCUT2D eigenvalue weighted by Crippen LogP contribution is -2.43. The monoisotopic (exact) mass is 287 g/mol. The zero-order valence-electron chi connectivity index (χ0n) is 13.3. The van der Waals surface area contributed by atoms with Crippen molar-refractivity contribution in [3.8, 4) is 0 Å². The number of hydrogen-bond acceptors (Lipinski definition) is 2. The topological polar surface area (TPSA) is 35.2 Å². The van der Waals surface area contributed by atoms with Crippen molar-refractivity contribution in [1.82, 2.24) is 0 Å². The summed E-state index contributed by atoms with van der Waals surface area (Å²) in [5.74, 6) is 0.729. The van der Waals surface area contributed by atoms with Crippen molar-refractivity contribution < 1.29 is 4.74 Å². The summed E-state index contributed by atoms with van der Waals surface area (Å²) in [5.41, 5.74) is 9.44. The zero-order valence-corrected chi connectivity index (χ0v) is 13.3. The molecule has 2 N–H and O–H groups in total. The first-order chi connectivity index (χ1) is 10.3. The summed E-state index contributed by atoms with van der Waals surface area (Å²) in [4.78, 5) is 0. The Morgan fingerprint density at radius 2 is 1.71 bits per heavy atom. The fraction of sp³-hybridized carbons (Fsp3) is 0.684. The second-order valence-electron chi connectivity index (χ2n) is 6.92. The molecule has 0 aromatic heterocycles. The Morgan fingerprint density at radius 1 is 1.05 bits per heavy atom. The highest BCUT2D eigenvalue weighted by Gasteiger charge is 2.39. The quantitative estimate of drug-likeness (QED) is 0.815. The number of hydrogen-bond donors (Lipinski definition) is 1. The summed E-state index contributed by atoms with van der Waals surface area (Å²) in [7, 11) is 1.86. The first-order valence-electron chi connectivity index (χ1n) is 8.66. The lowest BCUT2D eigenvalue weighted by atomic mass is 9.74. The van der Waals surface area contributed by atoms with Gasteiger partial charge in [-0.15, -0.1) is 0 Å². The first kappa shape index (κ1) is 15.1. The molecule has 0 aliphatic heterocycles. The van der Waals surface area contributed by atoms with Crippen molar-refractivity contribution in [2.45, 2.75) is 75.3 Å². The van der Waals surface area contributed by atoms with Crippen molar-refractivity contribution in [1.29, 1.82) is 0 Å². The molecule has 2 aliphatic carbocycles. The molecule has 0 bridgehead atoms. The van der Waals surface area contributed by atoms with Gasteiger partial charge in [-0.2, -0.15) is 0 Å². The molecular weight excluding hydrogens is 258 g/mol. The number of nitrogens with two attached hydrogens (primary N) is 1. The summed E-state index contributed by atoms with van der Waals surface area (Å²) in [6.07, 6.45) is 11.3. The molecule has 2 saturated carbocycles. The SMILES string of the molecule is COC1(C(N)c2ccccc2C2CCC2)CCCCCC1. The molecule has 2 aliphatic rings. The predicted octanol–water partition coefficient (Wildman–Crippen LogP) is 4.69. The summed E-state index contributed by atoms with van der Waals surface area (Å²) in [5, 5.41) is 0. The van der Waals surface area contributed by atoms with Crippen molar-refractivity contribution in [2.24, 2.45) is 5.73 Å². The van der Waals surface area contributed by atoms with Crippen molar-refractivity contribution in [3.63, 3.8) is 0 Å². The van der Waals surface area contributed by atoms with E-state index in [4.69, 9.17) is 10.5 Å². The third-order valence-electron chi connectivity index (χ3n) is 5.80. The number of ether oxygens (including phenoxy) is 1. The van der Waals surface area contributed by atoms with Crippen LogP contribution in [0.1, 0.15) is 80.9 Å². The Balaban J connectivity index is 1.90. The molecule has 0 heterocycles. The Hall–Kier alpha value is -0.860. The maximum Gasteiger partial charge on any atom is 0.0870 e. The minimum atomic E-state index is -0.156. The Morgan fingerprint density at radius 3 is 2.29 bits per heavy atom. The highest BCUT2D eigenvalue weighted by molar-refractivity contribution is 5.35. The number of rotatable bonds is 4. The van der Waals surface area contributed by atoms with Gasteiger partial charge < -0.3 is 10.5 Å². The molecule has 2 nitrogen and oxygen atoms in total. The van der Waals surface area contributed by atoms with Gasteiger partial charge in [-0.1, -0.05) is 56.4 Å². The average Bonchev–Trinajstić information content (AvgIpc) is 2.72. The van der Waals surface area contributed by atoms with Crippen molar-refractivity contribution in [2.75, 3.05) is 7.11 Å². The van der Waals surface area contributed by atoms with E-state index in [0.717, 1.165) is 18.8 Å². The van der Waals surface area contributed by atoms with Crippen LogP contribution in [0.4, 0.5) is 0 Å².